The van der Waals surface area contributed by atoms with Crippen LogP contribution >= 0.6 is 36.6 Å². The van der Waals surface area contributed by atoms with Gasteiger partial charge in [0.05, 0.1) is 12.5 Å². The van der Waals surface area contributed by atoms with Crippen LogP contribution in [0.15, 0.2) is 53.7 Å². The predicted molar refractivity (Wildman–Crippen MR) is 108 cm³/mol. The average molecular weight is 404 g/mol. The molecule has 0 spiro atoms. The Morgan fingerprint density at radius 3 is 2.56 bits per heavy atom. The van der Waals surface area contributed by atoms with Gasteiger partial charge in [-0.25, -0.2) is 0 Å². The summed E-state index contributed by atoms with van der Waals surface area (Å²) in [6, 6.07) is 11.8. The van der Waals surface area contributed by atoms with Gasteiger partial charge in [-0.2, -0.15) is 0 Å². The number of benzene rings is 1. The maximum Gasteiger partial charge on any atom is 0.227 e. The molecule has 1 unspecified atom stereocenters. The molecule has 3 N–H and O–H groups in total. The van der Waals surface area contributed by atoms with Crippen LogP contribution in [-0.2, 0) is 15.3 Å². The van der Waals surface area contributed by atoms with Gasteiger partial charge in [0.1, 0.15) is 0 Å². The molecular weight excluding hydrogens is 381 g/mol. The van der Waals surface area contributed by atoms with Crippen molar-refractivity contribution < 1.29 is 9.53 Å². The first-order chi connectivity index (χ1) is 11.2. The molecule has 5 nitrogen and oxygen atoms in total. The third-order valence-electron chi connectivity index (χ3n) is 3.28. The van der Waals surface area contributed by atoms with Crippen molar-refractivity contribution in [3.05, 3.63) is 54.4 Å². The minimum absolute atomic E-state index is 0. The molecule has 0 aliphatic carbocycles. The lowest BCUT2D eigenvalue weighted by atomic mass is 10.2. The van der Waals surface area contributed by atoms with Crippen LogP contribution in [0, 0.1) is 0 Å². The van der Waals surface area contributed by atoms with Gasteiger partial charge in [0.15, 0.2) is 0 Å². The van der Waals surface area contributed by atoms with Gasteiger partial charge in [0.2, 0.25) is 5.91 Å². The zero-order valence-corrected chi connectivity index (χ0v) is 16.3. The largest absolute Gasteiger partial charge is 0.380 e. The number of anilines is 1. The summed E-state index contributed by atoms with van der Waals surface area (Å²) >= 11 is 1.73. The summed E-state index contributed by atoms with van der Waals surface area (Å²) in [6.45, 7) is 0.327. The Labute approximate surface area is 164 Å². The fourth-order valence-electron chi connectivity index (χ4n) is 1.97. The molecule has 1 atom stereocenters. The van der Waals surface area contributed by atoms with E-state index in [9.17, 15) is 4.79 Å². The van der Waals surface area contributed by atoms with Crippen LogP contribution in [0.4, 0.5) is 5.69 Å². The number of hydrogen-bond donors (Lipinski definition) is 2. The highest BCUT2D eigenvalue weighted by atomic mass is 35.5. The Bertz CT molecular complexity index is 611. The van der Waals surface area contributed by atoms with E-state index >= 15 is 0 Å². The van der Waals surface area contributed by atoms with E-state index in [0.717, 1.165) is 16.3 Å². The van der Waals surface area contributed by atoms with Crippen LogP contribution in [0.3, 0.4) is 0 Å². The van der Waals surface area contributed by atoms with E-state index in [1.807, 2.05) is 36.5 Å². The standard InChI is InChI=1S/C17H21N3O2S.2ClH/c1-22-15(10-18)9-17(21)20-14-4-6-16(7-5-14)23-12-13-3-2-8-19-11-13;;/h2-8,11,15H,9-10,12,18H2,1H3,(H,20,21);2*1H. The van der Waals surface area contributed by atoms with E-state index in [2.05, 4.69) is 16.4 Å². The lowest BCUT2D eigenvalue weighted by Gasteiger charge is -2.12. The second-order valence-corrected chi connectivity index (χ2v) is 6.07. The molecule has 0 fully saturated rings. The molecule has 2 aromatic rings. The minimum Gasteiger partial charge on any atom is -0.380 e. The molecule has 0 saturated heterocycles. The van der Waals surface area contributed by atoms with Gasteiger partial charge in [0, 0.05) is 42.4 Å². The number of hydrogen-bond acceptors (Lipinski definition) is 5. The summed E-state index contributed by atoms with van der Waals surface area (Å²) in [5.74, 6) is 0.768. The van der Waals surface area contributed by atoms with Crippen molar-refractivity contribution >= 4 is 48.2 Å². The van der Waals surface area contributed by atoms with Crippen molar-refractivity contribution in [1.82, 2.24) is 4.98 Å². The minimum atomic E-state index is -0.246. The highest BCUT2D eigenvalue weighted by Crippen LogP contribution is 2.24. The van der Waals surface area contributed by atoms with Gasteiger partial charge in [-0.15, -0.1) is 36.6 Å². The molecule has 1 heterocycles. The summed E-state index contributed by atoms with van der Waals surface area (Å²) in [4.78, 5) is 17.1. The molecule has 0 radical (unpaired) electrons. The smallest absolute Gasteiger partial charge is 0.227 e. The van der Waals surface area contributed by atoms with Gasteiger partial charge >= 0.3 is 0 Å². The topological polar surface area (TPSA) is 77.2 Å². The Morgan fingerprint density at radius 1 is 1.28 bits per heavy atom. The Morgan fingerprint density at radius 2 is 2.00 bits per heavy atom. The molecule has 8 heteroatoms. The lowest BCUT2D eigenvalue weighted by Crippen LogP contribution is -2.28. The number of nitrogens with two attached hydrogens (primary N) is 1. The van der Waals surface area contributed by atoms with E-state index in [-0.39, 0.29) is 43.2 Å². The Kier molecular flexibility index (Phi) is 12.3. The number of methoxy groups -OCH3 is 1. The summed E-state index contributed by atoms with van der Waals surface area (Å²) < 4.78 is 5.11. The number of halogens is 2. The second-order valence-electron chi connectivity index (χ2n) is 5.02. The van der Waals surface area contributed by atoms with Crippen molar-refractivity contribution in [1.29, 1.82) is 0 Å². The number of ether oxygens (including phenoxy) is 1. The van der Waals surface area contributed by atoms with Crippen LogP contribution < -0.4 is 11.1 Å². The number of aromatic nitrogens is 1. The van der Waals surface area contributed by atoms with Crippen molar-refractivity contribution in [3.8, 4) is 0 Å². The van der Waals surface area contributed by atoms with Crippen LogP contribution in [0.25, 0.3) is 0 Å². The first-order valence-electron chi connectivity index (χ1n) is 7.35. The van der Waals surface area contributed by atoms with E-state index in [4.69, 9.17) is 10.5 Å². The summed E-state index contributed by atoms with van der Waals surface area (Å²) in [5, 5.41) is 2.85. The van der Waals surface area contributed by atoms with E-state index in [1.165, 1.54) is 5.56 Å². The molecule has 2 rings (SSSR count). The molecule has 0 aliphatic heterocycles. The molecular formula is C17H23Cl2N3O2S. The number of carbonyl (C=O) groups excluding carboxylic acids is 1. The molecule has 0 aliphatic rings. The zero-order chi connectivity index (χ0) is 16.5. The van der Waals surface area contributed by atoms with E-state index in [0.29, 0.717) is 6.54 Å². The SMILES string of the molecule is COC(CN)CC(=O)Nc1ccc(SCc2cccnc2)cc1.Cl.Cl. The van der Waals surface area contributed by atoms with Crippen LogP contribution in [-0.4, -0.2) is 30.6 Å². The molecule has 1 aromatic heterocycles. The number of nitrogens with zero attached hydrogens (tertiary/aromatic N) is 1. The third-order valence-corrected chi connectivity index (χ3v) is 4.36. The van der Waals surface area contributed by atoms with Crippen molar-refractivity contribution in [2.75, 3.05) is 19.0 Å². The third kappa shape index (κ3) is 8.56. The maximum absolute atomic E-state index is 11.9. The van der Waals surface area contributed by atoms with E-state index in [1.54, 1.807) is 25.1 Å². The molecule has 0 bridgehead atoms. The van der Waals surface area contributed by atoms with Gasteiger partial charge < -0.3 is 15.8 Å². The highest BCUT2D eigenvalue weighted by molar-refractivity contribution is 7.98. The number of pyridine rings is 1. The van der Waals surface area contributed by atoms with E-state index < -0.39 is 0 Å². The lowest BCUT2D eigenvalue weighted by molar-refractivity contribution is -0.118. The normalized spacial score (nSPS) is 11.0. The molecule has 0 saturated carbocycles. The monoisotopic (exact) mass is 403 g/mol. The Hall–Kier alpha value is -1.31. The Balaban J connectivity index is 0.00000288. The highest BCUT2D eigenvalue weighted by Gasteiger charge is 2.11. The molecule has 1 aromatic carbocycles. The fraction of sp³-hybridized carbons (Fsp3) is 0.294. The van der Waals surface area contributed by atoms with Crippen LogP contribution in [0.5, 0.6) is 0 Å². The summed E-state index contributed by atoms with van der Waals surface area (Å²) in [6.07, 6.45) is 3.64. The van der Waals surface area contributed by atoms with Gasteiger partial charge in [0.25, 0.3) is 0 Å². The fourth-order valence-corrected chi connectivity index (χ4v) is 2.80. The number of thioether (sulfide) groups is 1. The van der Waals surface area contributed by atoms with Gasteiger partial charge in [-0.1, -0.05) is 6.07 Å². The van der Waals surface area contributed by atoms with Gasteiger partial charge in [-0.3, -0.25) is 9.78 Å². The van der Waals surface area contributed by atoms with Crippen molar-refractivity contribution in [3.63, 3.8) is 0 Å². The summed E-state index contributed by atoms with van der Waals surface area (Å²) in [7, 11) is 1.55. The zero-order valence-electron chi connectivity index (χ0n) is 13.9. The number of amides is 1. The number of rotatable bonds is 8. The average Bonchev–Trinajstić information content (AvgIpc) is 2.60. The van der Waals surface area contributed by atoms with Gasteiger partial charge in [-0.05, 0) is 35.9 Å². The number of nitrogens with one attached hydrogen (secondary N) is 1. The molecule has 138 valence electrons. The van der Waals surface area contributed by atoms with Crippen LogP contribution in [0.1, 0.15) is 12.0 Å². The van der Waals surface area contributed by atoms with Crippen molar-refractivity contribution in [2.24, 2.45) is 5.73 Å². The quantitative estimate of drug-likeness (QED) is 0.659. The second kappa shape index (κ2) is 13.0. The first kappa shape index (κ1) is 23.7. The first-order valence-corrected chi connectivity index (χ1v) is 8.34. The van der Waals surface area contributed by atoms with Crippen molar-refractivity contribution in [2.45, 2.75) is 23.2 Å². The molecule has 25 heavy (non-hydrogen) atoms. The predicted octanol–water partition coefficient (Wildman–Crippen LogP) is 3.52. The number of carbonyl (C=O) groups is 1. The van der Waals surface area contributed by atoms with Crippen LogP contribution in [0.2, 0.25) is 0 Å². The maximum atomic E-state index is 11.9. The molecule has 1 amide bonds. The summed E-state index contributed by atoms with van der Waals surface area (Å²) in [5.41, 5.74) is 7.47.